The third kappa shape index (κ3) is 11.0. The molecule has 2 nitrogen and oxygen atoms in total. The Morgan fingerprint density at radius 3 is 1.79 bits per heavy atom. The minimum Gasteiger partial charge on any atom is -0.462 e. The Morgan fingerprint density at radius 2 is 1.15 bits per heavy atom. The van der Waals surface area contributed by atoms with Gasteiger partial charge in [-0.2, -0.15) is 0 Å². The number of ether oxygens (including phenoxy) is 1. The highest BCUT2D eigenvalue weighted by atomic mass is 16.5. The molecule has 0 aliphatic heterocycles. The zero-order valence-corrected chi connectivity index (χ0v) is 32.9. The van der Waals surface area contributed by atoms with Gasteiger partial charge in [-0.05, 0) is 122 Å². The molecule has 0 aromatic rings. The summed E-state index contributed by atoms with van der Waals surface area (Å²) in [6.45, 7) is 17.4. The molecular formula is C45H82O2. The van der Waals surface area contributed by atoms with Crippen LogP contribution >= 0.6 is 0 Å². The Morgan fingerprint density at radius 1 is 0.596 bits per heavy atom. The van der Waals surface area contributed by atoms with Crippen LogP contribution < -0.4 is 0 Å². The summed E-state index contributed by atoms with van der Waals surface area (Å²) in [6.07, 6.45) is 34.9. The van der Waals surface area contributed by atoms with Crippen LogP contribution in [0.15, 0.2) is 0 Å². The van der Waals surface area contributed by atoms with Crippen LogP contribution in [0.2, 0.25) is 0 Å². The highest BCUT2D eigenvalue weighted by Crippen LogP contribution is 2.68. The molecule has 0 N–H and O–H groups in total. The monoisotopic (exact) mass is 655 g/mol. The van der Waals surface area contributed by atoms with E-state index in [0.717, 1.165) is 66.6 Å². The fraction of sp³-hybridized carbons (Fsp3) is 0.978. The number of fused-ring (bicyclic) bond motifs is 5. The predicted octanol–water partition coefficient (Wildman–Crippen LogP) is 14.1. The normalized spacial score (nSPS) is 34.2. The van der Waals surface area contributed by atoms with Gasteiger partial charge in [0.2, 0.25) is 0 Å². The Hall–Kier alpha value is -0.530. The summed E-state index contributed by atoms with van der Waals surface area (Å²) < 4.78 is 6.17. The summed E-state index contributed by atoms with van der Waals surface area (Å²) in [5.74, 6) is 7.23. The van der Waals surface area contributed by atoms with E-state index in [-0.39, 0.29) is 12.1 Å². The van der Waals surface area contributed by atoms with Crippen LogP contribution in [-0.4, -0.2) is 12.1 Å². The largest absolute Gasteiger partial charge is 0.462 e. The first kappa shape index (κ1) is 39.3. The third-order valence-electron chi connectivity index (χ3n) is 15.0. The van der Waals surface area contributed by atoms with Crippen LogP contribution in [-0.2, 0) is 9.53 Å². The molecule has 0 aromatic heterocycles. The summed E-state index contributed by atoms with van der Waals surface area (Å²) in [5.41, 5.74) is 1.06. The topological polar surface area (TPSA) is 26.3 Å². The molecule has 0 heterocycles. The summed E-state index contributed by atoms with van der Waals surface area (Å²) >= 11 is 0. The molecule has 4 rings (SSSR count). The predicted molar refractivity (Wildman–Crippen MR) is 202 cm³/mol. The van der Waals surface area contributed by atoms with Crippen molar-refractivity contribution in [1.29, 1.82) is 0 Å². The summed E-state index contributed by atoms with van der Waals surface area (Å²) in [5, 5.41) is 0. The van der Waals surface area contributed by atoms with Crippen LogP contribution in [0.25, 0.3) is 0 Å². The van der Waals surface area contributed by atoms with Gasteiger partial charge in [0, 0.05) is 6.42 Å². The lowest BCUT2D eigenvalue weighted by Crippen LogP contribution is -2.54. The molecule has 0 unspecified atom stereocenters. The minimum atomic E-state index is 0.0913. The molecule has 0 spiro atoms. The van der Waals surface area contributed by atoms with Crippen molar-refractivity contribution in [3.05, 3.63) is 0 Å². The quantitative estimate of drug-likeness (QED) is 0.0909. The van der Waals surface area contributed by atoms with Crippen LogP contribution in [0, 0.1) is 58.2 Å². The standard InChI is InChI=1S/C45H82O2/c1-34(2)21-18-16-14-12-10-8-9-11-13-15-17-19-24-43(46)47-38-29-31-44(6)37(33-38)25-26-39-41-28-27-40(36(5)23-20-22-35(3)4)45(41,7)32-30-42(39)44/h34-42H,8-33H2,1-7H3/t36-,37+,38+,39+,40-,41+,42+,44+,45-/m1/s1. The van der Waals surface area contributed by atoms with Gasteiger partial charge in [-0.1, -0.05) is 145 Å². The van der Waals surface area contributed by atoms with E-state index in [0.29, 0.717) is 17.3 Å². The second-order valence-corrected chi connectivity index (χ2v) is 19.2. The van der Waals surface area contributed by atoms with Crippen LogP contribution in [0.5, 0.6) is 0 Å². The lowest BCUT2D eigenvalue weighted by Gasteiger charge is -2.61. The van der Waals surface area contributed by atoms with Gasteiger partial charge in [0.25, 0.3) is 0 Å². The number of rotatable bonds is 21. The van der Waals surface area contributed by atoms with Gasteiger partial charge >= 0.3 is 5.97 Å². The maximum atomic E-state index is 12.8. The summed E-state index contributed by atoms with van der Waals surface area (Å²) in [6, 6.07) is 0. The van der Waals surface area contributed by atoms with Gasteiger partial charge in [-0.3, -0.25) is 4.79 Å². The van der Waals surface area contributed by atoms with Crippen molar-refractivity contribution in [2.45, 2.75) is 222 Å². The van der Waals surface area contributed by atoms with E-state index in [9.17, 15) is 4.79 Å². The van der Waals surface area contributed by atoms with Crippen LogP contribution in [0.1, 0.15) is 215 Å². The number of esters is 1. The van der Waals surface area contributed by atoms with E-state index in [1.807, 2.05) is 0 Å². The average molecular weight is 655 g/mol. The average Bonchev–Trinajstić information content (AvgIpc) is 3.38. The SMILES string of the molecule is CC(C)CCCCCCCCCCCCCCC(=O)O[C@H]1CC[C@@]2(C)[C@@H](CC[C@@H]3[C@@H]2CC[C@]2(C)[C@@H]([C@H](C)CCCC(C)C)CC[C@@H]32)C1. The number of unbranched alkanes of at least 4 members (excludes halogenated alkanes) is 11. The molecule has 0 amide bonds. The molecule has 274 valence electrons. The number of carbonyl (C=O) groups excluding carboxylic acids is 1. The first-order valence-corrected chi connectivity index (χ1v) is 21.7. The van der Waals surface area contributed by atoms with Crippen molar-refractivity contribution < 1.29 is 9.53 Å². The molecule has 2 heteroatoms. The number of hydrogen-bond acceptors (Lipinski definition) is 2. The van der Waals surface area contributed by atoms with Crippen molar-refractivity contribution in [2.75, 3.05) is 0 Å². The fourth-order valence-electron chi connectivity index (χ4n) is 12.2. The summed E-state index contributed by atoms with van der Waals surface area (Å²) in [7, 11) is 0. The van der Waals surface area contributed by atoms with Crippen molar-refractivity contribution in [3.8, 4) is 0 Å². The Kier molecular flexibility index (Phi) is 16.0. The van der Waals surface area contributed by atoms with E-state index >= 15 is 0 Å². The van der Waals surface area contributed by atoms with E-state index in [4.69, 9.17) is 4.74 Å². The van der Waals surface area contributed by atoms with Gasteiger partial charge in [-0.25, -0.2) is 0 Å². The Bertz CT molecular complexity index is 892. The second kappa shape index (κ2) is 19.2. The van der Waals surface area contributed by atoms with Gasteiger partial charge in [0.05, 0.1) is 0 Å². The van der Waals surface area contributed by atoms with E-state index in [2.05, 4.69) is 48.5 Å². The molecule has 9 atom stereocenters. The van der Waals surface area contributed by atoms with Gasteiger partial charge in [0.1, 0.15) is 6.10 Å². The maximum Gasteiger partial charge on any atom is 0.306 e. The van der Waals surface area contributed by atoms with Crippen molar-refractivity contribution in [2.24, 2.45) is 58.2 Å². The van der Waals surface area contributed by atoms with Gasteiger partial charge < -0.3 is 4.74 Å². The molecule has 0 radical (unpaired) electrons. The van der Waals surface area contributed by atoms with Gasteiger partial charge in [0.15, 0.2) is 0 Å². The van der Waals surface area contributed by atoms with Gasteiger partial charge in [-0.15, -0.1) is 0 Å². The van der Waals surface area contributed by atoms with Crippen molar-refractivity contribution in [1.82, 2.24) is 0 Å². The Labute approximate surface area is 294 Å². The second-order valence-electron chi connectivity index (χ2n) is 19.2. The zero-order chi connectivity index (χ0) is 33.9. The molecule has 47 heavy (non-hydrogen) atoms. The van der Waals surface area contributed by atoms with Crippen LogP contribution in [0.3, 0.4) is 0 Å². The smallest absolute Gasteiger partial charge is 0.306 e. The molecule has 4 aliphatic rings. The first-order valence-electron chi connectivity index (χ1n) is 21.7. The molecule has 0 bridgehead atoms. The number of hydrogen-bond donors (Lipinski definition) is 0. The third-order valence-corrected chi connectivity index (χ3v) is 15.0. The molecule has 4 fully saturated rings. The Balaban J connectivity index is 1.09. The highest BCUT2D eigenvalue weighted by molar-refractivity contribution is 5.69. The van der Waals surface area contributed by atoms with Crippen molar-refractivity contribution >= 4 is 5.97 Å². The van der Waals surface area contributed by atoms with Crippen LogP contribution in [0.4, 0.5) is 0 Å². The maximum absolute atomic E-state index is 12.8. The molecule has 0 aromatic carbocycles. The van der Waals surface area contributed by atoms with Crippen molar-refractivity contribution in [3.63, 3.8) is 0 Å². The fourth-order valence-corrected chi connectivity index (χ4v) is 12.2. The zero-order valence-electron chi connectivity index (χ0n) is 32.9. The molecule has 0 saturated heterocycles. The first-order chi connectivity index (χ1) is 22.5. The minimum absolute atomic E-state index is 0.0913. The lowest BCUT2D eigenvalue weighted by molar-refractivity contribution is -0.162. The van der Waals surface area contributed by atoms with E-state index in [1.165, 1.54) is 141 Å². The molecule has 4 saturated carbocycles. The number of carbonyl (C=O) groups is 1. The summed E-state index contributed by atoms with van der Waals surface area (Å²) in [4.78, 5) is 12.8. The van der Waals surface area contributed by atoms with E-state index in [1.54, 1.807) is 0 Å². The molecular weight excluding hydrogens is 572 g/mol. The lowest BCUT2D eigenvalue weighted by atomic mass is 9.44. The van der Waals surface area contributed by atoms with E-state index < -0.39 is 0 Å². The molecule has 4 aliphatic carbocycles. The highest BCUT2D eigenvalue weighted by Gasteiger charge is 2.60.